The lowest BCUT2D eigenvalue weighted by molar-refractivity contribution is 0.323. The second kappa shape index (κ2) is 8.22. The van der Waals surface area contributed by atoms with E-state index in [9.17, 15) is 0 Å². The van der Waals surface area contributed by atoms with Crippen molar-refractivity contribution in [1.82, 2.24) is 5.32 Å². The molecule has 0 unspecified atom stereocenters. The Morgan fingerprint density at radius 1 is 1.00 bits per heavy atom. The van der Waals surface area contributed by atoms with Crippen molar-refractivity contribution in [2.45, 2.75) is 19.5 Å². The van der Waals surface area contributed by atoms with Gasteiger partial charge in [-0.25, -0.2) is 0 Å². The first kappa shape index (κ1) is 17.6. The van der Waals surface area contributed by atoms with E-state index in [2.05, 4.69) is 34.2 Å². The molecule has 5 heteroatoms. The van der Waals surface area contributed by atoms with Crippen LogP contribution in [0.2, 0.25) is 0 Å². The first-order chi connectivity index (χ1) is 11.1. The fourth-order valence-corrected chi connectivity index (χ4v) is 3.07. The van der Waals surface area contributed by atoms with Gasteiger partial charge in [0.1, 0.15) is 0 Å². The number of nitrogens with one attached hydrogen (secondary N) is 1. The molecule has 0 aliphatic heterocycles. The van der Waals surface area contributed by atoms with Crippen LogP contribution in [0.1, 0.15) is 24.1 Å². The number of halogens is 1. The molecule has 0 saturated heterocycles. The third kappa shape index (κ3) is 4.18. The highest BCUT2D eigenvalue weighted by atomic mass is 79.9. The van der Waals surface area contributed by atoms with Gasteiger partial charge < -0.3 is 19.5 Å². The van der Waals surface area contributed by atoms with Gasteiger partial charge in [-0.2, -0.15) is 0 Å². The molecule has 0 bridgehead atoms. The lowest BCUT2D eigenvalue weighted by Crippen LogP contribution is -2.18. The normalized spacial score (nSPS) is 11.9. The molecule has 0 amide bonds. The molecule has 0 aromatic heterocycles. The van der Waals surface area contributed by atoms with Crippen molar-refractivity contribution in [2.24, 2.45) is 0 Å². The number of methoxy groups -OCH3 is 3. The summed E-state index contributed by atoms with van der Waals surface area (Å²) in [6, 6.07) is 12.3. The highest BCUT2D eigenvalue weighted by molar-refractivity contribution is 9.10. The van der Waals surface area contributed by atoms with Gasteiger partial charge in [-0.15, -0.1) is 0 Å². The Hall–Kier alpha value is -1.72. The third-order valence-corrected chi connectivity index (χ3v) is 4.43. The molecule has 2 aromatic rings. The summed E-state index contributed by atoms with van der Waals surface area (Å²) in [6.07, 6.45) is 0. The van der Waals surface area contributed by atoms with Crippen LogP contribution in [0.4, 0.5) is 0 Å². The van der Waals surface area contributed by atoms with Gasteiger partial charge in [0, 0.05) is 17.1 Å². The molecule has 1 N–H and O–H groups in total. The molecule has 0 aliphatic carbocycles. The fourth-order valence-electron chi connectivity index (χ4n) is 2.44. The molecule has 0 fully saturated rings. The topological polar surface area (TPSA) is 39.7 Å². The first-order valence-electron chi connectivity index (χ1n) is 7.37. The van der Waals surface area contributed by atoms with E-state index in [1.54, 1.807) is 21.3 Å². The molecular weight excluding hydrogens is 358 g/mol. The Labute approximate surface area is 145 Å². The highest BCUT2D eigenvalue weighted by Gasteiger charge is 2.14. The maximum atomic E-state index is 5.39. The van der Waals surface area contributed by atoms with Gasteiger partial charge in [-0.1, -0.05) is 34.1 Å². The predicted molar refractivity (Wildman–Crippen MR) is 95.5 cm³/mol. The van der Waals surface area contributed by atoms with Gasteiger partial charge in [-0.3, -0.25) is 0 Å². The van der Waals surface area contributed by atoms with Gasteiger partial charge in [0.25, 0.3) is 0 Å². The number of hydrogen-bond acceptors (Lipinski definition) is 4. The van der Waals surface area contributed by atoms with Crippen molar-refractivity contribution in [3.63, 3.8) is 0 Å². The average Bonchev–Trinajstić information content (AvgIpc) is 2.58. The zero-order valence-corrected chi connectivity index (χ0v) is 15.4. The molecule has 124 valence electrons. The SMILES string of the molecule is COc1cc(CN[C@@H](C)c2ccccc2Br)cc(OC)c1OC. The van der Waals surface area contributed by atoms with E-state index in [1.165, 1.54) is 5.56 Å². The molecule has 1 atom stereocenters. The summed E-state index contributed by atoms with van der Waals surface area (Å²) in [5.74, 6) is 1.94. The van der Waals surface area contributed by atoms with Crippen LogP contribution in [0.15, 0.2) is 40.9 Å². The zero-order chi connectivity index (χ0) is 16.8. The van der Waals surface area contributed by atoms with E-state index in [1.807, 2.05) is 30.3 Å². The molecule has 23 heavy (non-hydrogen) atoms. The van der Waals surface area contributed by atoms with Crippen molar-refractivity contribution in [3.05, 3.63) is 52.0 Å². The van der Waals surface area contributed by atoms with Crippen LogP contribution in [0.5, 0.6) is 17.2 Å². The standard InChI is InChI=1S/C18H22BrNO3/c1-12(14-7-5-6-8-15(14)19)20-11-13-9-16(21-2)18(23-4)17(10-13)22-3/h5-10,12,20H,11H2,1-4H3/t12-/m0/s1. The lowest BCUT2D eigenvalue weighted by atomic mass is 10.1. The predicted octanol–water partition coefficient (Wildman–Crippen LogP) is 4.33. The Kier molecular flexibility index (Phi) is 6.30. The third-order valence-electron chi connectivity index (χ3n) is 3.71. The van der Waals surface area contributed by atoms with E-state index in [0.717, 1.165) is 10.0 Å². The van der Waals surface area contributed by atoms with E-state index in [4.69, 9.17) is 14.2 Å². The molecule has 0 heterocycles. The Bertz CT molecular complexity index is 635. The van der Waals surface area contributed by atoms with Crippen LogP contribution in [0, 0.1) is 0 Å². The van der Waals surface area contributed by atoms with Gasteiger partial charge in [-0.05, 0) is 36.2 Å². The number of ether oxygens (including phenoxy) is 3. The Morgan fingerprint density at radius 2 is 1.61 bits per heavy atom. The Balaban J connectivity index is 2.16. The van der Waals surface area contributed by atoms with Crippen molar-refractivity contribution >= 4 is 15.9 Å². The molecule has 4 nitrogen and oxygen atoms in total. The van der Waals surface area contributed by atoms with Crippen LogP contribution < -0.4 is 19.5 Å². The summed E-state index contributed by atoms with van der Waals surface area (Å²) in [7, 11) is 4.85. The maximum absolute atomic E-state index is 5.39. The van der Waals surface area contributed by atoms with Crippen LogP contribution in [-0.4, -0.2) is 21.3 Å². The van der Waals surface area contributed by atoms with E-state index in [-0.39, 0.29) is 6.04 Å². The first-order valence-corrected chi connectivity index (χ1v) is 8.16. The fraction of sp³-hybridized carbons (Fsp3) is 0.333. The minimum absolute atomic E-state index is 0.213. The van der Waals surface area contributed by atoms with E-state index in [0.29, 0.717) is 23.8 Å². The second-order valence-electron chi connectivity index (χ2n) is 5.16. The largest absolute Gasteiger partial charge is 0.493 e. The monoisotopic (exact) mass is 379 g/mol. The van der Waals surface area contributed by atoms with Crippen molar-refractivity contribution in [3.8, 4) is 17.2 Å². The minimum atomic E-state index is 0.213. The highest BCUT2D eigenvalue weighted by Crippen LogP contribution is 2.38. The van der Waals surface area contributed by atoms with Crippen molar-refractivity contribution in [2.75, 3.05) is 21.3 Å². The smallest absolute Gasteiger partial charge is 0.203 e. The van der Waals surface area contributed by atoms with Gasteiger partial charge in [0.2, 0.25) is 5.75 Å². The van der Waals surface area contributed by atoms with Crippen molar-refractivity contribution in [1.29, 1.82) is 0 Å². The molecule has 0 saturated carbocycles. The summed E-state index contributed by atoms with van der Waals surface area (Å²) >= 11 is 3.59. The number of benzene rings is 2. The number of rotatable bonds is 7. The minimum Gasteiger partial charge on any atom is -0.493 e. The maximum Gasteiger partial charge on any atom is 0.203 e. The molecule has 0 radical (unpaired) electrons. The van der Waals surface area contributed by atoms with Crippen LogP contribution in [-0.2, 0) is 6.54 Å². The van der Waals surface area contributed by atoms with E-state index >= 15 is 0 Å². The van der Waals surface area contributed by atoms with Crippen LogP contribution in [0.3, 0.4) is 0 Å². The molecule has 0 aliphatic rings. The second-order valence-corrected chi connectivity index (χ2v) is 6.01. The summed E-state index contributed by atoms with van der Waals surface area (Å²) in [6.45, 7) is 2.83. The summed E-state index contributed by atoms with van der Waals surface area (Å²) in [4.78, 5) is 0. The van der Waals surface area contributed by atoms with Gasteiger partial charge >= 0.3 is 0 Å². The lowest BCUT2D eigenvalue weighted by Gasteiger charge is -2.18. The zero-order valence-electron chi connectivity index (χ0n) is 13.9. The Morgan fingerprint density at radius 3 is 2.13 bits per heavy atom. The van der Waals surface area contributed by atoms with Crippen LogP contribution in [0.25, 0.3) is 0 Å². The van der Waals surface area contributed by atoms with Crippen LogP contribution >= 0.6 is 15.9 Å². The average molecular weight is 380 g/mol. The van der Waals surface area contributed by atoms with Gasteiger partial charge in [0.05, 0.1) is 21.3 Å². The number of hydrogen-bond donors (Lipinski definition) is 1. The van der Waals surface area contributed by atoms with E-state index < -0.39 is 0 Å². The summed E-state index contributed by atoms with van der Waals surface area (Å²) < 4.78 is 17.2. The molecule has 0 spiro atoms. The molecular formula is C18H22BrNO3. The summed E-state index contributed by atoms with van der Waals surface area (Å²) in [5.41, 5.74) is 2.29. The quantitative estimate of drug-likeness (QED) is 0.777. The van der Waals surface area contributed by atoms with Gasteiger partial charge in [0.15, 0.2) is 11.5 Å². The molecule has 2 aromatic carbocycles. The summed E-state index contributed by atoms with van der Waals surface area (Å²) in [5, 5.41) is 3.51. The van der Waals surface area contributed by atoms with Crippen molar-refractivity contribution < 1.29 is 14.2 Å². The molecule has 2 rings (SSSR count).